The first-order chi connectivity index (χ1) is 7.06. The van der Waals surface area contributed by atoms with Crippen LogP contribution in [0.5, 0.6) is 0 Å². The largest absolute Gasteiger partial charge is 0.305 e. The molecule has 0 unspecified atom stereocenters. The molecular weight excluding hydrogens is 218 g/mol. The van der Waals surface area contributed by atoms with Crippen molar-refractivity contribution in [3.05, 3.63) is 0 Å². The van der Waals surface area contributed by atoms with Crippen LogP contribution in [0.2, 0.25) is 0 Å². The summed E-state index contributed by atoms with van der Waals surface area (Å²) in [5.41, 5.74) is 0. The summed E-state index contributed by atoms with van der Waals surface area (Å²) in [7, 11) is -3.76. The fraction of sp³-hybridized carbons (Fsp3) is 1.00. The molecule has 0 saturated carbocycles. The van der Waals surface area contributed by atoms with Crippen molar-refractivity contribution in [2.45, 2.75) is 44.9 Å². The number of hydrogen-bond donors (Lipinski definition) is 2. The maximum atomic E-state index is 10.4. The SMILES string of the molecule is NOCCCCCCCCCS(=O)(=O)O. The highest BCUT2D eigenvalue weighted by Gasteiger charge is 2.02. The average Bonchev–Trinajstić information content (AvgIpc) is 2.14. The number of hydrogen-bond acceptors (Lipinski definition) is 4. The molecule has 0 fully saturated rings. The highest BCUT2D eigenvalue weighted by atomic mass is 32.2. The minimum Gasteiger partial charge on any atom is -0.305 e. The van der Waals surface area contributed by atoms with Gasteiger partial charge in [0, 0.05) is 0 Å². The van der Waals surface area contributed by atoms with E-state index in [1.165, 1.54) is 0 Å². The Labute approximate surface area is 91.7 Å². The quantitative estimate of drug-likeness (QED) is 0.342. The van der Waals surface area contributed by atoms with E-state index in [0.717, 1.165) is 38.5 Å². The first kappa shape index (κ1) is 14.8. The van der Waals surface area contributed by atoms with Crippen LogP contribution in [0.4, 0.5) is 0 Å². The van der Waals surface area contributed by atoms with E-state index >= 15 is 0 Å². The third-order valence-corrected chi connectivity index (χ3v) is 2.97. The van der Waals surface area contributed by atoms with Crippen LogP contribution >= 0.6 is 0 Å². The fourth-order valence-electron chi connectivity index (χ4n) is 1.35. The van der Waals surface area contributed by atoms with Gasteiger partial charge in [-0.05, 0) is 12.8 Å². The van der Waals surface area contributed by atoms with E-state index < -0.39 is 10.1 Å². The fourth-order valence-corrected chi connectivity index (χ4v) is 1.92. The van der Waals surface area contributed by atoms with Crippen molar-refractivity contribution in [3.8, 4) is 0 Å². The Morgan fingerprint density at radius 3 is 1.87 bits per heavy atom. The van der Waals surface area contributed by atoms with Crippen LogP contribution in [0.15, 0.2) is 0 Å². The standard InChI is InChI=1S/C9H21NO4S/c10-14-8-6-4-2-1-3-5-7-9-15(11,12)13/h1-10H2,(H,11,12,13). The molecule has 6 heteroatoms. The summed E-state index contributed by atoms with van der Waals surface area (Å²) in [6.07, 6.45) is 6.69. The predicted octanol–water partition coefficient (Wildman–Crippen LogP) is 1.50. The summed E-state index contributed by atoms with van der Waals surface area (Å²) in [6.45, 7) is 0.600. The second-order valence-corrected chi connectivity index (χ2v) is 5.20. The van der Waals surface area contributed by atoms with E-state index in [1.54, 1.807) is 0 Å². The van der Waals surface area contributed by atoms with E-state index in [0.29, 0.717) is 13.0 Å². The molecule has 0 aliphatic heterocycles. The van der Waals surface area contributed by atoms with E-state index in [9.17, 15) is 8.42 Å². The summed E-state index contributed by atoms with van der Waals surface area (Å²) < 4.78 is 29.2. The maximum absolute atomic E-state index is 10.4. The van der Waals surface area contributed by atoms with Gasteiger partial charge in [-0.1, -0.05) is 32.1 Å². The molecule has 0 atom stereocenters. The van der Waals surface area contributed by atoms with E-state index in [4.69, 9.17) is 10.4 Å². The van der Waals surface area contributed by atoms with Crippen molar-refractivity contribution in [1.29, 1.82) is 0 Å². The molecule has 0 amide bonds. The summed E-state index contributed by atoms with van der Waals surface area (Å²) in [5, 5.41) is 0. The Kier molecular flexibility index (Phi) is 8.98. The van der Waals surface area contributed by atoms with Crippen LogP contribution in [0, 0.1) is 0 Å². The molecule has 92 valence electrons. The lowest BCUT2D eigenvalue weighted by Gasteiger charge is -2.00. The Bertz CT molecular complexity index is 228. The van der Waals surface area contributed by atoms with Crippen molar-refractivity contribution in [3.63, 3.8) is 0 Å². The van der Waals surface area contributed by atoms with Crippen molar-refractivity contribution < 1.29 is 17.8 Å². The van der Waals surface area contributed by atoms with Crippen LogP contribution in [-0.2, 0) is 15.0 Å². The Morgan fingerprint density at radius 1 is 0.933 bits per heavy atom. The first-order valence-corrected chi connectivity index (χ1v) is 6.94. The molecule has 0 heterocycles. The monoisotopic (exact) mass is 239 g/mol. The lowest BCUT2D eigenvalue weighted by Crippen LogP contribution is -2.03. The van der Waals surface area contributed by atoms with Gasteiger partial charge in [-0.25, -0.2) is 5.90 Å². The Morgan fingerprint density at radius 2 is 1.40 bits per heavy atom. The van der Waals surface area contributed by atoms with Gasteiger partial charge in [0.2, 0.25) is 0 Å². The molecule has 0 saturated heterocycles. The smallest absolute Gasteiger partial charge is 0.264 e. The third-order valence-electron chi connectivity index (χ3n) is 2.16. The summed E-state index contributed by atoms with van der Waals surface area (Å²) in [6, 6.07) is 0. The second kappa shape index (κ2) is 9.08. The Hall–Kier alpha value is -0.170. The van der Waals surface area contributed by atoms with Crippen molar-refractivity contribution in [1.82, 2.24) is 0 Å². The zero-order valence-electron chi connectivity index (χ0n) is 9.02. The molecule has 5 nitrogen and oxygen atoms in total. The van der Waals surface area contributed by atoms with Crippen molar-refractivity contribution in [2.24, 2.45) is 5.90 Å². The molecule has 0 rings (SSSR count). The van der Waals surface area contributed by atoms with Crippen LogP contribution in [0.25, 0.3) is 0 Å². The van der Waals surface area contributed by atoms with E-state index in [2.05, 4.69) is 4.84 Å². The van der Waals surface area contributed by atoms with Gasteiger partial charge in [-0.2, -0.15) is 8.42 Å². The number of rotatable bonds is 10. The van der Waals surface area contributed by atoms with Gasteiger partial charge in [0.25, 0.3) is 10.1 Å². The van der Waals surface area contributed by atoms with Gasteiger partial charge in [0.15, 0.2) is 0 Å². The number of unbranched alkanes of at least 4 members (excludes halogenated alkanes) is 6. The van der Waals surface area contributed by atoms with Gasteiger partial charge in [0.05, 0.1) is 12.4 Å². The lowest BCUT2D eigenvalue weighted by atomic mass is 10.1. The minimum atomic E-state index is -3.76. The highest BCUT2D eigenvalue weighted by Crippen LogP contribution is 2.07. The van der Waals surface area contributed by atoms with Crippen molar-refractivity contribution in [2.75, 3.05) is 12.4 Å². The number of nitrogens with two attached hydrogens (primary N) is 1. The van der Waals surface area contributed by atoms with E-state index in [-0.39, 0.29) is 5.75 Å². The highest BCUT2D eigenvalue weighted by molar-refractivity contribution is 7.85. The molecule has 0 radical (unpaired) electrons. The second-order valence-electron chi connectivity index (χ2n) is 3.63. The van der Waals surface area contributed by atoms with Crippen LogP contribution in [0.3, 0.4) is 0 Å². The molecule has 0 spiro atoms. The van der Waals surface area contributed by atoms with Gasteiger partial charge < -0.3 is 4.84 Å². The average molecular weight is 239 g/mol. The summed E-state index contributed by atoms with van der Waals surface area (Å²) in [4.78, 5) is 4.43. The van der Waals surface area contributed by atoms with Crippen LogP contribution < -0.4 is 5.90 Å². The van der Waals surface area contributed by atoms with Gasteiger partial charge in [0.1, 0.15) is 0 Å². The Balaban J connectivity index is 3.06. The normalized spacial score (nSPS) is 11.9. The van der Waals surface area contributed by atoms with Crippen LogP contribution in [0.1, 0.15) is 44.9 Å². The summed E-state index contributed by atoms with van der Waals surface area (Å²) in [5.74, 6) is 4.75. The van der Waals surface area contributed by atoms with Crippen LogP contribution in [-0.4, -0.2) is 25.3 Å². The minimum absolute atomic E-state index is 0.117. The summed E-state index contributed by atoms with van der Waals surface area (Å²) >= 11 is 0. The maximum Gasteiger partial charge on any atom is 0.264 e. The molecule has 0 aromatic heterocycles. The molecule has 15 heavy (non-hydrogen) atoms. The topological polar surface area (TPSA) is 89.6 Å². The zero-order chi connectivity index (χ0) is 11.6. The lowest BCUT2D eigenvalue weighted by molar-refractivity contribution is 0.133. The molecule has 3 N–H and O–H groups in total. The van der Waals surface area contributed by atoms with Crippen molar-refractivity contribution >= 4 is 10.1 Å². The molecular formula is C9H21NO4S. The molecule has 0 aromatic carbocycles. The molecule has 0 aliphatic carbocycles. The third kappa shape index (κ3) is 13.8. The van der Waals surface area contributed by atoms with E-state index in [1.807, 2.05) is 0 Å². The van der Waals surface area contributed by atoms with Gasteiger partial charge in [-0.3, -0.25) is 4.55 Å². The predicted molar refractivity (Wildman–Crippen MR) is 58.9 cm³/mol. The molecule has 0 aliphatic rings. The van der Waals surface area contributed by atoms with Gasteiger partial charge in [-0.15, -0.1) is 0 Å². The molecule has 0 bridgehead atoms. The van der Waals surface area contributed by atoms with Gasteiger partial charge >= 0.3 is 0 Å². The molecule has 0 aromatic rings. The zero-order valence-corrected chi connectivity index (χ0v) is 9.84. The first-order valence-electron chi connectivity index (χ1n) is 5.33.